The number of aromatic amines is 1. The van der Waals surface area contributed by atoms with Crippen LogP contribution in [0.3, 0.4) is 0 Å². The fourth-order valence-corrected chi connectivity index (χ4v) is 2.97. The molecule has 0 aliphatic heterocycles. The zero-order valence-electron chi connectivity index (χ0n) is 14.0. The number of amides is 1. The number of thiazole rings is 1. The fraction of sp³-hybridized carbons (Fsp3) is 0.222. The summed E-state index contributed by atoms with van der Waals surface area (Å²) in [5, 5.41) is 3.17. The minimum atomic E-state index is -0.199. The van der Waals surface area contributed by atoms with Crippen molar-refractivity contribution in [3.8, 4) is 0 Å². The molecule has 6 nitrogen and oxygen atoms in total. The first kappa shape index (κ1) is 17.0. The van der Waals surface area contributed by atoms with Crippen LogP contribution in [0.4, 0.5) is 0 Å². The third kappa shape index (κ3) is 4.00. The van der Waals surface area contributed by atoms with Crippen molar-refractivity contribution >= 4 is 34.2 Å². The smallest absolute Gasteiger partial charge is 0.258 e. The molecule has 3 aromatic rings. The number of rotatable bonds is 5. The summed E-state index contributed by atoms with van der Waals surface area (Å²) in [5.41, 5.74) is 0.422. The van der Waals surface area contributed by atoms with Crippen LogP contribution in [0, 0.1) is 0 Å². The molecular weight excluding hydrogens is 336 g/mol. The molecule has 2 heterocycles. The molecule has 0 bridgehead atoms. The molecule has 0 aliphatic rings. The zero-order chi connectivity index (χ0) is 17.8. The van der Waals surface area contributed by atoms with Crippen LogP contribution in [-0.2, 0) is 11.3 Å². The molecule has 0 saturated heterocycles. The first-order valence-electron chi connectivity index (χ1n) is 7.90. The van der Waals surface area contributed by atoms with Gasteiger partial charge in [0.05, 0.1) is 17.4 Å². The van der Waals surface area contributed by atoms with Crippen molar-refractivity contribution in [2.45, 2.75) is 26.4 Å². The average molecular weight is 354 g/mol. The Balaban J connectivity index is 1.84. The van der Waals surface area contributed by atoms with Crippen LogP contribution in [0.15, 0.2) is 46.7 Å². The van der Waals surface area contributed by atoms with Crippen molar-refractivity contribution in [2.24, 2.45) is 0 Å². The Labute approximate surface area is 148 Å². The topological polar surface area (TPSA) is 79.0 Å². The summed E-state index contributed by atoms with van der Waals surface area (Å²) < 4.78 is 0. The molecule has 2 aromatic heterocycles. The van der Waals surface area contributed by atoms with E-state index in [0.717, 1.165) is 5.01 Å². The van der Waals surface area contributed by atoms with Crippen molar-refractivity contribution in [2.75, 3.05) is 0 Å². The van der Waals surface area contributed by atoms with Gasteiger partial charge in [0.25, 0.3) is 5.56 Å². The van der Waals surface area contributed by atoms with E-state index in [1.807, 2.05) is 25.3 Å². The van der Waals surface area contributed by atoms with E-state index in [-0.39, 0.29) is 24.1 Å². The highest BCUT2D eigenvalue weighted by Crippen LogP contribution is 2.11. The van der Waals surface area contributed by atoms with Crippen LogP contribution in [-0.4, -0.2) is 31.8 Å². The van der Waals surface area contributed by atoms with Crippen molar-refractivity contribution in [1.29, 1.82) is 0 Å². The third-order valence-electron chi connectivity index (χ3n) is 3.71. The maximum Gasteiger partial charge on any atom is 0.258 e. The molecule has 0 atom stereocenters. The lowest BCUT2D eigenvalue weighted by Crippen LogP contribution is -2.36. The van der Waals surface area contributed by atoms with Crippen LogP contribution in [0.5, 0.6) is 0 Å². The van der Waals surface area contributed by atoms with E-state index >= 15 is 0 Å². The van der Waals surface area contributed by atoms with Crippen molar-refractivity contribution < 1.29 is 4.79 Å². The lowest BCUT2D eigenvalue weighted by atomic mass is 10.2. The second-order valence-electron chi connectivity index (χ2n) is 5.79. The van der Waals surface area contributed by atoms with Gasteiger partial charge in [-0.2, -0.15) is 0 Å². The quantitative estimate of drug-likeness (QED) is 0.715. The lowest BCUT2D eigenvalue weighted by Gasteiger charge is -2.25. The fourth-order valence-electron chi connectivity index (χ4n) is 2.44. The number of H-pyrrole nitrogens is 1. The molecule has 0 fully saturated rings. The van der Waals surface area contributed by atoms with E-state index in [9.17, 15) is 9.59 Å². The minimum Gasteiger partial charge on any atom is -0.329 e. The van der Waals surface area contributed by atoms with Gasteiger partial charge in [-0.3, -0.25) is 9.59 Å². The van der Waals surface area contributed by atoms with E-state index in [0.29, 0.717) is 16.7 Å². The molecule has 1 aromatic carbocycles. The van der Waals surface area contributed by atoms with E-state index in [4.69, 9.17) is 0 Å². The molecule has 0 unspecified atom stereocenters. The predicted molar refractivity (Wildman–Crippen MR) is 99.2 cm³/mol. The standard InChI is InChI=1S/C18H18N4O2S/c1-12(2)22(17(23)8-7-16-19-9-10-25-16)11-15-20-14-6-4-3-5-13(14)18(24)21-15/h3-10,12H,11H2,1-2H3,(H,20,21,24). The van der Waals surface area contributed by atoms with E-state index in [2.05, 4.69) is 15.0 Å². The van der Waals surface area contributed by atoms with Crippen LogP contribution < -0.4 is 5.56 Å². The summed E-state index contributed by atoms with van der Waals surface area (Å²) in [6.45, 7) is 4.08. The minimum absolute atomic E-state index is 0.0368. The molecule has 0 saturated carbocycles. The number of fused-ring (bicyclic) bond motifs is 1. The Morgan fingerprint density at radius 1 is 1.36 bits per heavy atom. The average Bonchev–Trinajstić information content (AvgIpc) is 3.11. The number of hydrogen-bond acceptors (Lipinski definition) is 5. The van der Waals surface area contributed by atoms with Crippen LogP contribution >= 0.6 is 11.3 Å². The summed E-state index contributed by atoms with van der Waals surface area (Å²) in [6, 6.07) is 7.11. The van der Waals surface area contributed by atoms with Gasteiger partial charge in [0.15, 0.2) is 0 Å². The normalized spacial score (nSPS) is 11.5. The number of nitrogens with one attached hydrogen (secondary N) is 1. The first-order valence-corrected chi connectivity index (χ1v) is 8.78. The molecule has 1 N–H and O–H groups in total. The SMILES string of the molecule is CC(C)N(Cc1nc2ccccc2c(=O)[nH]1)C(=O)C=Cc1nccs1. The maximum atomic E-state index is 12.5. The Kier molecular flexibility index (Phi) is 5.04. The molecule has 1 amide bonds. The van der Waals surface area contributed by atoms with Crippen molar-refractivity contribution in [3.05, 3.63) is 63.1 Å². The van der Waals surface area contributed by atoms with Gasteiger partial charge in [0.2, 0.25) is 5.91 Å². The van der Waals surface area contributed by atoms with Gasteiger partial charge >= 0.3 is 0 Å². The highest BCUT2D eigenvalue weighted by atomic mass is 32.1. The molecule has 7 heteroatoms. The summed E-state index contributed by atoms with van der Waals surface area (Å²) in [7, 11) is 0. The Bertz CT molecular complexity index is 961. The number of para-hydroxylation sites is 1. The zero-order valence-corrected chi connectivity index (χ0v) is 14.8. The highest BCUT2D eigenvalue weighted by Gasteiger charge is 2.17. The van der Waals surface area contributed by atoms with E-state index in [1.54, 1.807) is 35.4 Å². The largest absolute Gasteiger partial charge is 0.329 e. The summed E-state index contributed by atoms with van der Waals surface area (Å²) in [6.07, 6.45) is 4.88. The van der Waals surface area contributed by atoms with Gasteiger partial charge in [0, 0.05) is 23.7 Å². The summed E-state index contributed by atoms with van der Waals surface area (Å²) in [4.78, 5) is 37.7. The van der Waals surface area contributed by atoms with Gasteiger partial charge in [-0.1, -0.05) is 12.1 Å². The molecule has 128 valence electrons. The van der Waals surface area contributed by atoms with Crippen molar-refractivity contribution in [3.63, 3.8) is 0 Å². The molecular formula is C18H18N4O2S. The van der Waals surface area contributed by atoms with Crippen LogP contribution in [0.2, 0.25) is 0 Å². The predicted octanol–water partition coefficient (Wildman–Crippen LogP) is 2.83. The highest BCUT2D eigenvalue weighted by molar-refractivity contribution is 7.10. The van der Waals surface area contributed by atoms with Gasteiger partial charge in [-0.05, 0) is 32.1 Å². The molecule has 3 rings (SSSR count). The lowest BCUT2D eigenvalue weighted by molar-refractivity contribution is -0.128. The van der Waals surface area contributed by atoms with Crippen molar-refractivity contribution in [1.82, 2.24) is 19.9 Å². The monoisotopic (exact) mass is 354 g/mol. The van der Waals surface area contributed by atoms with E-state index in [1.165, 1.54) is 17.4 Å². The molecule has 25 heavy (non-hydrogen) atoms. The number of carbonyl (C=O) groups excluding carboxylic acids is 1. The summed E-state index contributed by atoms with van der Waals surface area (Å²) in [5.74, 6) is 0.314. The van der Waals surface area contributed by atoms with Gasteiger partial charge in [-0.15, -0.1) is 11.3 Å². The molecule has 0 radical (unpaired) electrons. The molecule has 0 spiro atoms. The van der Waals surface area contributed by atoms with Gasteiger partial charge in [-0.25, -0.2) is 9.97 Å². The maximum absolute atomic E-state index is 12.5. The first-order chi connectivity index (χ1) is 12.0. The Morgan fingerprint density at radius 3 is 2.88 bits per heavy atom. The van der Waals surface area contributed by atoms with Crippen LogP contribution in [0.1, 0.15) is 24.7 Å². The number of nitrogens with zero attached hydrogens (tertiary/aromatic N) is 3. The van der Waals surface area contributed by atoms with Crippen LogP contribution in [0.25, 0.3) is 17.0 Å². The number of benzene rings is 1. The Hall–Kier alpha value is -2.80. The number of aromatic nitrogens is 3. The Morgan fingerprint density at radius 2 is 2.16 bits per heavy atom. The number of carbonyl (C=O) groups is 1. The van der Waals surface area contributed by atoms with Gasteiger partial charge < -0.3 is 9.88 Å². The molecule has 0 aliphatic carbocycles. The second kappa shape index (κ2) is 7.40. The number of hydrogen-bond donors (Lipinski definition) is 1. The third-order valence-corrected chi connectivity index (χ3v) is 4.45. The summed E-state index contributed by atoms with van der Waals surface area (Å²) >= 11 is 1.46. The van der Waals surface area contributed by atoms with Gasteiger partial charge in [0.1, 0.15) is 10.8 Å². The second-order valence-corrected chi connectivity index (χ2v) is 6.72. The van der Waals surface area contributed by atoms with E-state index < -0.39 is 0 Å².